The summed E-state index contributed by atoms with van der Waals surface area (Å²) in [6.45, 7) is 3.63. The summed E-state index contributed by atoms with van der Waals surface area (Å²) in [5.74, 6) is -3.52. The lowest BCUT2D eigenvalue weighted by molar-refractivity contribution is -0.267. The number of benzene rings is 1. The molecule has 2 heterocycles. The van der Waals surface area contributed by atoms with Gasteiger partial charge in [-0.2, -0.15) is 0 Å². The summed E-state index contributed by atoms with van der Waals surface area (Å²) in [7, 11) is 0. The second-order valence-electron chi connectivity index (χ2n) is 7.94. The summed E-state index contributed by atoms with van der Waals surface area (Å²) >= 11 is 0. The summed E-state index contributed by atoms with van der Waals surface area (Å²) in [5.41, 5.74) is 0.515. The molecule has 35 heavy (non-hydrogen) atoms. The van der Waals surface area contributed by atoms with Crippen LogP contribution in [-0.2, 0) is 49.5 Å². The van der Waals surface area contributed by atoms with Gasteiger partial charge in [-0.05, 0) is 12.1 Å². The first-order valence-corrected chi connectivity index (χ1v) is 10.7. The smallest absolute Gasteiger partial charge is 0.303 e. The number of nitrogens with zero attached hydrogens (tertiary/aromatic N) is 1. The molecule has 0 aliphatic carbocycles. The van der Waals surface area contributed by atoms with Crippen LogP contribution in [0.3, 0.4) is 0 Å². The molecule has 0 spiro atoms. The normalized spacial score (nSPS) is 24.0. The third kappa shape index (κ3) is 5.77. The second kappa shape index (κ2) is 10.8. The van der Waals surface area contributed by atoms with Crippen LogP contribution in [-0.4, -0.2) is 64.6 Å². The van der Waals surface area contributed by atoms with Gasteiger partial charge in [0.05, 0.1) is 12.1 Å². The minimum absolute atomic E-state index is 0.114. The molecular weight excluding hydrogens is 469 g/mol. The van der Waals surface area contributed by atoms with Gasteiger partial charge in [-0.3, -0.25) is 19.2 Å². The van der Waals surface area contributed by atoms with E-state index in [0.29, 0.717) is 0 Å². The number of aliphatic hydroxyl groups excluding tert-OH is 1. The van der Waals surface area contributed by atoms with E-state index in [1.165, 1.54) is 29.8 Å². The van der Waals surface area contributed by atoms with Crippen LogP contribution in [0.2, 0.25) is 0 Å². The maximum absolute atomic E-state index is 14.6. The number of esters is 4. The van der Waals surface area contributed by atoms with Crippen molar-refractivity contribution in [2.45, 2.75) is 64.9 Å². The zero-order valence-corrected chi connectivity index (χ0v) is 19.6. The van der Waals surface area contributed by atoms with Crippen molar-refractivity contribution in [3.05, 3.63) is 35.8 Å². The average molecular weight is 495 g/mol. The van der Waals surface area contributed by atoms with E-state index in [1.807, 2.05) is 0 Å². The number of hydrogen-bond acceptors (Lipinski definition) is 10. The Hall–Kier alpha value is -3.51. The van der Waals surface area contributed by atoms with Crippen molar-refractivity contribution < 1.29 is 52.4 Å². The van der Waals surface area contributed by atoms with Crippen LogP contribution in [0.1, 0.15) is 39.5 Å². The van der Waals surface area contributed by atoms with Crippen molar-refractivity contribution in [3.63, 3.8) is 0 Å². The van der Waals surface area contributed by atoms with Gasteiger partial charge < -0.3 is 33.4 Å². The Morgan fingerprint density at radius 3 is 2.11 bits per heavy atom. The quantitative estimate of drug-likeness (QED) is 0.444. The highest BCUT2D eigenvalue weighted by Crippen LogP contribution is 2.38. The van der Waals surface area contributed by atoms with E-state index in [1.54, 1.807) is 6.07 Å². The van der Waals surface area contributed by atoms with E-state index in [9.17, 15) is 28.7 Å². The molecule has 1 aromatic heterocycles. The highest BCUT2D eigenvalue weighted by Gasteiger charge is 2.53. The zero-order valence-electron chi connectivity index (χ0n) is 19.6. The van der Waals surface area contributed by atoms with E-state index >= 15 is 0 Å². The lowest BCUT2D eigenvalue weighted by Gasteiger charge is -2.44. The Labute approximate surface area is 199 Å². The molecule has 0 saturated carbocycles. The molecule has 1 saturated heterocycles. The average Bonchev–Trinajstić information content (AvgIpc) is 3.14. The summed E-state index contributed by atoms with van der Waals surface area (Å²) in [6.07, 6.45) is -5.04. The van der Waals surface area contributed by atoms with Gasteiger partial charge in [0.2, 0.25) is 0 Å². The first-order chi connectivity index (χ1) is 16.5. The van der Waals surface area contributed by atoms with E-state index in [2.05, 4.69) is 0 Å². The second-order valence-corrected chi connectivity index (χ2v) is 7.94. The lowest BCUT2D eigenvalue weighted by Crippen LogP contribution is -2.60. The van der Waals surface area contributed by atoms with E-state index < -0.39 is 73.6 Å². The highest BCUT2D eigenvalue weighted by molar-refractivity contribution is 5.84. The van der Waals surface area contributed by atoms with Crippen LogP contribution in [0.5, 0.6) is 0 Å². The molecule has 190 valence electrons. The molecule has 2 aromatic rings. The maximum Gasteiger partial charge on any atom is 0.303 e. The van der Waals surface area contributed by atoms with Crippen molar-refractivity contribution in [2.75, 3.05) is 6.61 Å². The molecule has 1 aliphatic rings. The van der Waals surface area contributed by atoms with Crippen molar-refractivity contribution in [1.29, 1.82) is 0 Å². The van der Waals surface area contributed by atoms with Crippen LogP contribution in [0.4, 0.5) is 4.39 Å². The van der Waals surface area contributed by atoms with E-state index in [4.69, 9.17) is 23.7 Å². The van der Waals surface area contributed by atoms with Crippen LogP contribution in [0.15, 0.2) is 24.4 Å². The number of hydrogen-bond donors (Lipinski definition) is 1. The van der Waals surface area contributed by atoms with E-state index in [-0.39, 0.29) is 16.5 Å². The zero-order chi connectivity index (χ0) is 25.9. The van der Waals surface area contributed by atoms with Crippen molar-refractivity contribution in [3.8, 4) is 0 Å². The fourth-order valence-electron chi connectivity index (χ4n) is 4.11. The SMILES string of the molecule is CC(=O)OC[C@H]1O[C@@H](n2cc(CO)c3c(F)cccc32)[C@H](OC(C)=O)[C@@H](OC(C)=O)[C@@H]1OC(C)=O. The number of rotatable bonds is 7. The summed E-state index contributed by atoms with van der Waals surface area (Å²) in [5, 5.41) is 9.92. The Morgan fingerprint density at radius 1 is 0.943 bits per heavy atom. The van der Waals surface area contributed by atoms with Crippen LogP contribution in [0.25, 0.3) is 10.9 Å². The lowest BCUT2D eigenvalue weighted by atomic mass is 9.97. The number of aliphatic hydroxyl groups is 1. The van der Waals surface area contributed by atoms with Gasteiger partial charge in [-0.1, -0.05) is 6.07 Å². The van der Waals surface area contributed by atoms with E-state index in [0.717, 1.165) is 20.8 Å². The summed E-state index contributed by atoms with van der Waals surface area (Å²) < 4.78 is 43.4. The van der Waals surface area contributed by atoms with Crippen LogP contribution < -0.4 is 0 Å². The summed E-state index contributed by atoms with van der Waals surface area (Å²) in [6, 6.07) is 4.23. The Kier molecular flexibility index (Phi) is 8.07. The number of ether oxygens (including phenoxy) is 5. The van der Waals surface area contributed by atoms with Crippen LogP contribution in [0, 0.1) is 5.82 Å². The van der Waals surface area contributed by atoms with Gasteiger partial charge in [-0.25, -0.2) is 4.39 Å². The van der Waals surface area contributed by atoms with Gasteiger partial charge in [0.1, 0.15) is 18.5 Å². The van der Waals surface area contributed by atoms with Gasteiger partial charge in [0.15, 0.2) is 24.5 Å². The number of halogens is 1. The molecule has 0 radical (unpaired) electrons. The maximum atomic E-state index is 14.6. The number of aromatic nitrogens is 1. The largest absolute Gasteiger partial charge is 0.463 e. The van der Waals surface area contributed by atoms with Crippen molar-refractivity contribution in [1.82, 2.24) is 4.57 Å². The Bertz CT molecular complexity index is 1130. The fraction of sp³-hybridized carbons (Fsp3) is 0.478. The molecule has 3 rings (SSSR count). The molecule has 1 aromatic carbocycles. The van der Waals surface area contributed by atoms with Crippen molar-refractivity contribution >= 4 is 34.8 Å². The minimum atomic E-state index is -1.37. The molecule has 1 fully saturated rings. The minimum Gasteiger partial charge on any atom is -0.463 e. The number of carbonyl (C=O) groups is 4. The van der Waals surface area contributed by atoms with Crippen LogP contribution >= 0.6 is 0 Å². The highest BCUT2D eigenvalue weighted by atomic mass is 19.1. The molecule has 0 unspecified atom stereocenters. The molecule has 0 amide bonds. The first-order valence-electron chi connectivity index (χ1n) is 10.7. The fourth-order valence-corrected chi connectivity index (χ4v) is 4.11. The predicted octanol–water partition coefficient (Wildman–Crippen LogP) is 1.53. The standard InChI is InChI=1S/C23H26FNO10/c1-11(27)31-10-18-20(32-12(2)28)21(33-13(3)29)22(34-14(4)30)23(35-18)25-8-15(9-26)19-16(24)6-5-7-17(19)25/h5-8,18,20-23,26H,9-10H2,1-4H3/t18-,20-,21+,22-,23-/m1/s1. The molecule has 1 N–H and O–H groups in total. The third-order valence-corrected chi connectivity index (χ3v) is 5.30. The van der Waals surface area contributed by atoms with Crippen molar-refractivity contribution in [2.24, 2.45) is 0 Å². The first kappa shape index (κ1) is 26.1. The van der Waals surface area contributed by atoms with Gasteiger partial charge in [0, 0.05) is 44.8 Å². The molecule has 0 bridgehead atoms. The monoisotopic (exact) mass is 495 g/mol. The molecule has 5 atom stereocenters. The molecule has 1 aliphatic heterocycles. The molecular formula is C23H26FNO10. The van der Waals surface area contributed by atoms with Gasteiger partial charge in [-0.15, -0.1) is 0 Å². The van der Waals surface area contributed by atoms with Gasteiger partial charge in [0.25, 0.3) is 0 Å². The molecule has 11 nitrogen and oxygen atoms in total. The Balaban J connectivity index is 2.19. The molecule has 12 heteroatoms. The predicted molar refractivity (Wildman–Crippen MR) is 115 cm³/mol. The number of fused-ring (bicyclic) bond motifs is 1. The topological polar surface area (TPSA) is 140 Å². The Morgan fingerprint density at radius 2 is 1.54 bits per heavy atom. The third-order valence-electron chi connectivity index (χ3n) is 5.30. The summed E-state index contributed by atoms with van der Waals surface area (Å²) in [4.78, 5) is 47.3. The van der Waals surface area contributed by atoms with Gasteiger partial charge >= 0.3 is 23.9 Å². The number of carbonyl (C=O) groups excluding carboxylic acids is 4.